The van der Waals surface area contributed by atoms with E-state index in [1.165, 1.54) is 0 Å². The van der Waals surface area contributed by atoms with Gasteiger partial charge in [0.25, 0.3) is 0 Å². The van der Waals surface area contributed by atoms with E-state index in [9.17, 15) is 9.90 Å². The third kappa shape index (κ3) is 2.09. The molecule has 0 heterocycles. The molecule has 0 saturated heterocycles. The quantitative estimate of drug-likeness (QED) is 0.456. The molecular formula is C9H10O7. The molecule has 0 aliphatic rings. The molecule has 7 nitrogen and oxygen atoms in total. The molecule has 0 aliphatic heterocycles. The van der Waals surface area contributed by atoms with Crippen molar-refractivity contribution >= 4 is 5.97 Å². The van der Waals surface area contributed by atoms with E-state index < -0.39 is 34.5 Å². The van der Waals surface area contributed by atoms with Gasteiger partial charge in [-0.05, 0) is 0 Å². The summed E-state index contributed by atoms with van der Waals surface area (Å²) in [6.45, 7) is -0.641. The minimum absolute atomic E-state index is 0.252. The molecule has 1 aromatic rings. The highest BCUT2D eigenvalue weighted by Crippen LogP contribution is 2.44. The Labute approximate surface area is 89.8 Å². The molecule has 16 heavy (non-hydrogen) atoms. The number of rotatable bonds is 4. The van der Waals surface area contributed by atoms with Crippen LogP contribution in [0, 0.1) is 0 Å². The number of carboxylic acids is 1. The Hall–Kier alpha value is -2.15. The summed E-state index contributed by atoms with van der Waals surface area (Å²) in [5.74, 6) is -4.48. The minimum atomic E-state index is -1.45. The van der Waals surface area contributed by atoms with Crippen LogP contribution in [0.2, 0.25) is 0 Å². The molecule has 1 aromatic carbocycles. The van der Waals surface area contributed by atoms with E-state index in [0.717, 1.165) is 6.07 Å². The van der Waals surface area contributed by atoms with E-state index in [1.54, 1.807) is 0 Å². The fraction of sp³-hybridized carbons (Fsp3) is 0.222. The van der Waals surface area contributed by atoms with Gasteiger partial charge >= 0.3 is 5.97 Å². The molecule has 0 aliphatic carbocycles. The Morgan fingerprint density at radius 2 is 1.88 bits per heavy atom. The average molecular weight is 230 g/mol. The maximum atomic E-state index is 10.8. The standard InChI is InChI=1S/C9H10O7/c10-1-2-16-8-4(9(14)15)3-5(11)6(12)7(8)13/h3,10-13H,1-2H2,(H,14,15). The molecule has 0 saturated carbocycles. The fourth-order valence-electron chi connectivity index (χ4n) is 1.08. The second kappa shape index (κ2) is 4.58. The van der Waals surface area contributed by atoms with Crippen molar-refractivity contribution in [3.05, 3.63) is 11.6 Å². The molecule has 0 aromatic heterocycles. The van der Waals surface area contributed by atoms with Crippen molar-refractivity contribution in [2.24, 2.45) is 0 Å². The first kappa shape index (κ1) is 11.9. The maximum Gasteiger partial charge on any atom is 0.339 e. The Balaban J connectivity index is 3.30. The molecule has 0 atom stereocenters. The van der Waals surface area contributed by atoms with Gasteiger partial charge in [-0.25, -0.2) is 4.79 Å². The number of hydrogen-bond acceptors (Lipinski definition) is 6. The molecule has 0 spiro atoms. The van der Waals surface area contributed by atoms with Gasteiger partial charge in [-0.1, -0.05) is 0 Å². The first-order chi connectivity index (χ1) is 7.49. The van der Waals surface area contributed by atoms with Crippen LogP contribution in [0.3, 0.4) is 0 Å². The number of aromatic carboxylic acids is 1. The summed E-state index contributed by atoms with van der Waals surface area (Å²) in [6.07, 6.45) is 0. The highest BCUT2D eigenvalue weighted by atomic mass is 16.5. The van der Waals surface area contributed by atoms with E-state index in [-0.39, 0.29) is 13.2 Å². The summed E-state index contributed by atoms with van der Waals surface area (Å²) >= 11 is 0. The number of aliphatic hydroxyl groups excluding tert-OH is 1. The molecule has 7 heteroatoms. The summed E-state index contributed by atoms with van der Waals surface area (Å²) in [7, 11) is 0. The summed E-state index contributed by atoms with van der Waals surface area (Å²) in [4.78, 5) is 10.8. The summed E-state index contributed by atoms with van der Waals surface area (Å²) < 4.78 is 4.76. The number of hydrogen-bond donors (Lipinski definition) is 5. The summed E-state index contributed by atoms with van der Waals surface area (Å²) in [5, 5.41) is 44.9. The molecule has 88 valence electrons. The lowest BCUT2D eigenvalue weighted by Crippen LogP contribution is -2.07. The number of carboxylic acid groups (broad SMARTS) is 1. The lowest BCUT2D eigenvalue weighted by Gasteiger charge is -2.11. The van der Waals surface area contributed by atoms with Gasteiger partial charge in [0, 0.05) is 6.07 Å². The Bertz CT molecular complexity index is 413. The van der Waals surface area contributed by atoms with Gasteiger partial charge in [-0.3, -0.25) is 0 Å². The van der Waals surface area contributed by atoms with Crippen LogP contribution in [-0.4, -0.2) is 44.7 Å². The third-order valence-electron chi connectivity index (χ3n) is 1.78. The first-order valence-electron chi connectivity index (χ1n) is 4.23. The Morgan fingerprint density at radius 3 is 2.38 bits per heavy atom. The third-order valence-corrected chi connectivity index (χ3v) is 1.78. The zero-order chi connectivity index (χ0) is 12.3. The van der Waals surface area contributed by atoms with Crippen LogP contribution in [0.25, 0.3) is 0 Å². The van der Waals surface area contributed by atoms with Gasteiger partial charge in [0.05, 0.1) is 6.61 Å². The van der Waals surface area contributed by atoms with Gasteiger partial charge in [0.1, 0.15) is 12.2 Å². The number of aromatic hydroxyl groups is 3. The number of ether oxygens (including phenoxy) is 1. The predicted octanol–water partition coefficient (Wildman–Crippen LogP) is -0.127. The normalized spacial score (nSPS) is 10.1. The van der Waals surface area contributed by atoms with Crippen LogP contribution in [0.15, 0.2) is 6.07 Å². The maximum absolute atomic E-state index is 10.8. The van der Waals surface area contributed by atoms with Crippen LogP contribution in [-0.2, 0) is 0 Å². The topological polar surface area (TPSA) is 127 Å². The molecule has 0 amide bonds. The van der Waals surface area contributed by atoms with Gasteiger partial charge in [-0.15, -0.1) is 0 Å². The number of aliphatic hydroxyl groups is 1. The lowest BCUT2D eigenvalue weighted by atomic mass is 10.1. The van der Waals surface area contributed by atoms with Crippen LogP contribution >= 0.6 is 0 Å². The average Bonchev–Trinajstić information content (AvgIpc) is 2.24. The van der Waals surface area contributed by atoms with Crippen molar-refractivity contribution in [1.29, 1.82) is 0 Å². The molecule has 0 radical (unpaired) electrons. The van der Waals surface area contributed by atoms with Crippen LogP contribution < -0.4 is 4.74 Å². The molecular weight excluding hydrogens is 220 g/mol. The van der Waals surface area contributed by atoms with Gasteiger partial charge in [-0.2, -0.15) is 0 Å². The number of phenols is 3. The van der Waals surface area contributed by atoms with Crippen LogP contribution in [0.4, 0.5) is 0 Å². The molecule has 5 N–H and O–H groups in total. The van der Waals surface area contributed by atoms with Crippen molar-refractivity contribution in [3.8, 4) is 23.0 Å². The monoisotopic (exact) mass is 230 g/mol. The van der Waals surface area contributed by atoms with Gasteiger partial charge < -0.3 is 30.3 Å². The van der Waals surface area contributed by atoms with E-state index in [2.05, 4.69) is 0 Å². The lowest BCUT2D eigenvalue weighted by molar-refractivity contribution is 0.0689. The fourth-order valence-corrected chi connectivity index (χ4v) is 1.08. The predicted molar refractivity (Wildman–Crippen MR) is 51.0 cm³/mol. The van der Waals surface area contributed by atoms with E-state index in [0.29, 0.717) is 0 Å². The zero-order valence-electron chi connectivity index (χ0n) is 8.04. The van der Waals surface area contributed by atoms with Crippen molar-refractivity contribution in [2.45, 2.75) is 0 Å². The van der Waals surface area contributed by atoms with E-state index in [1.807, 2.05) is 0 Å². The van der Waals surface area contributed by atoms with Gasteiger partial charge in [0.2, 0.25) is 11.5 Å². The molecule has 0 bridgehead atoms. The highest BCUT2D eigenvalue weighted by Gasteiger charge is 2.22. The van der Waals surface area contributed by atoms with Crippen LogP contribution in [0.1, 0.15) is 10.4 Å². The Kier molecular flexibility index (Phi) is 3.41. The minimum Gasteiger partial charge on any atom is -0.504 e. The SMILES string of the molecule is O=C(O)c1cc(O)c(O)c(O)c1OCCO. The largest absolute Gasteiger partial charge is 0.504 e. The van der Waals surface area contributed by atoms with E-state index >= 15 is 0 Å². The van der Waals surface area contributed by atoms with Crippen molar-refractivity contribution in [3.63, 3.8) is 0 Å². The number of phenolic OH excluding ortho intramolecular Hbond substituents is 3. The second-order valence-electron chi connectivity index (χ2n) is 2.85. The highest BCUT2D eigenvalue weighted by molar-refractivity contribution is 5.93. The van der Waals surface area contributed by atoms with Crippen molar-refractivity contribution in [2.75, 3.05) is 13.2 Å². The van der Waals surface area contributed by atoms with Crippen molar-refractivity contribution < 1.29 is 35.1 Å². The Morgan fingerprint density at radius 1 is 1.25 bits per heavy atom. The molecule has 0 unspecified atom stereocenters. The van der Waals surface area contributed by atoms with Crippen LogP contribution in [0.5, 0.6) is 23.0 Å². The smallest absolute Gasteiger partial charge is 0.339 e. The summed E-state index contributed by atoms with van der Waals surface area (Å²) in [5.41, 5.74) is -0.513. The molecule has 1 rings (SSSR count). The van der Waals surface area contributed by atoms with Crippen molar-refractivity contribution in [1.82, 2.24) is 0 Å². The first-order valence-corrected chi connectivity index (χ1v) is 4.23. The van der Waals surface area contributed by atoms with Gasteiger partial charge in [0.15, 0.2) is 11.5 Å². The summed E-state index contributed by atoms with van der Waals surface area (Å²) in [6, 6.07) is 0.740. The zero-order valence-corrected chi connectivity index (χ0v) is 8.04. The number of carbonyl (C=O) groups is 1. The van der Waals surface area contributed by atoms with E-state index in [4.69, 9.17) is 25.2 Å². The second-order valence-corrected chi connectivity index (χ2v) is 2.85. The molecule has 0 fully saturated rings. The number of benzene rings is 1.